The number of quaternary nitrogens is 1. The largest absolute Gasteiger partial charge is 0.328 e. The molecule has 0 spiro atoms. The number of fused-ring (bicyclic) bond motifs is 1. The van der Waals surface area contributed by atoms with Crippen LogP contribution in [0.1, 0.15) is 18.1 Å². The number of piperazine rings is 1. The first-order valence-electron chi connectivity index (χ1n) is 10.1. The zero-order valence-electron chi connectivity index (χ0n) is 16.5. The van der Waals surface area contributed by atoms with Gasteiger partial charge in [0.25, 0.3) is 0 Å². The van der Waals surface area contributed by atoms with Crippen LogP contribution in [0.5, 0.6) is 0 Å². The van der Waals surface area contributed by atoms with Crippen molar-refractivity contribution < 1.29 is 4.90 Å². The fourth-order valence-electron chi connectivity index (χ4n) is 3.84. The average Bonchev–Trinajstić information content (AvgIpc) is 2.74. The van der Waals surface area contributed by atoms with Crippen molar-refractivity contribution in [2.45, 2.75) is 13.5 Å². The number of allylic oxidation sites excluding steroid dienone is 1. The van der Waals surface area contributed by atoms with E-state index in [0.717, 1.165) is 32.7 Å². The lowest BCUT2D eigenvalue weighted by Crippen LogP contribution is -3.13. The summed E-state index contributed by atoms with van der Waals surface area (Å²) >= 11 is 0. The predicted octanol–water partition coefficient (Wildman–Crippen LogP) is 3.63. The zero-order valence-corrected chi connectivity index (χ0v) is 16.5. The standard InChI is InChI=1S/C25H27N3/c1-21(18-22-8-3-2-4-9-22)19-26-28-16-14-27(15-17-28)20-24-12-7-11-23-10-5-6-13-25(23)24/h2-13,18-19H,14-17,20H2,1H3/p+1/b21-18-,26-19-. The molecule has 0 radical (unpaired) electrons. The Morgan fingerprint density at radius 2 is 1.64 bits per heavy atom. The fraction of sp³-hybridized carbons (Fsp3) is 0.240. The molecule has 142 valence electrons. The normalized spacial score (nSPS) is 16.2. The van der Waals surface area contributed by atoms with Gasteiger partial charge in [-0.2, -0.15) is 5.10 Å². The molecule has 28 heavy (non-hydrogen) atoms. The molecule has 1 saturated heterocycles. The molecule has 0 saturated carbocycles. The van der Waals surface area contributed by atoms with E-state index < -0.39 is 0 Å². The quantitative estimate of drug-likeness (QED) is 0.680. The van der Waals surface area contributed by atoms with Gasteiger partial charge in [0, 0.05) is 11.8 Å². The topological polar surface area (TPSA) is 20.0 Å². The van der Waals surface area contributed by atoms with Gasteiger partial charge in [-0.1, -0.05) is 78.9 Å². The zero-order chi connectivity index (χ0) is 19.2. The molecule has 1 N–H and O–H groups in total. The molecule has 0 unspecified atom stereocenters. The molecule has 0 amide bonds. The highest BCUT2D eigenvalue weighted by Crippen LogP contribution is 2.17. The maximum Gasteiger partial charge on any atom is 0.104 e. The maximum atomic E-state index is 4.70. The van der Waals surface area contributed by atoms with Crippen molar-refractivity contribution in [2.24, 2.45) is 5.10 Å². The molecule has 1 aliphatic heterocycles. The van der Waals surface area contributed by atoms with Crippen molar-refractivity contribution in [1.82, 2.24) is 5.01 Å². The van der Waals surface area contributed by atoms with E-state index in [1.54, 1.807) is 4.90 Å². The van der Waals surface area contributed by atoms with Crippen LogP contribution in [-0.2, 0) is 6.54 Å². The third kappa shape index (κ3) is 4.68. The molecule has 0 atom stereocenters. The summed E-state index contributed by atoms with van der Waals surface area (Å²) in [4.78, 5) is 1.64. The Bertz CT molecular complexity index is 962. The van der Waals surface area contributed by atoms with Crippen LogP contribution in [0.4, 0.5) is 0 Å². The molecular weight excluding hydrogens is 342 g/mol. The van der Waals surface area contributed by atoms with Crippen molar-refractivity contribution in [3.8, 4) is 0 Å². The number of nitrogens with zero attached hydrogens (tertiary/aromatic N) is 2. The molecule has 0 aromatic heterocycles. The number of rotatable bonds is 5. The van der Waals surface area contributed by atoms with E-state index in [4.69, 9.17) is 5.10 Å². The third-order valence-corrected chi connectivity index (χ3v) is 5.39. The highest BCUT2D eigenvalue weighted by molar-refractivity contribution is 5.85. The summed E-state index contributed by atoms with van der Waals surface area (Å²) in [5.41, 5.74) is 3.85. The van der Waals surface area contributed by atoms with Gasteiger partial charge in [0.15, 0.2) is 0 Å². The summed E-state index contributed by atoms with van der Waals surface area (Å²) in [6.07, 6.45) is 4.16. The Kier molecular flexibility index (Phi) is 5.83. The van der Waals surface area contributed by atoms with Crippen molar-refractivity contribution in [1.29, 1.82) is 0 Å². The van der Waals surface area contributed by atoms with Crippen LogP contribution in [-0.4, -0.2) is 37.4 Å². The van der Waals surface area contributed by atoms with E-state index in [0.29, 0.717) is 0 Å². The van der Waals surface area contributed by atoms with Crippen molar-refractivity contribution >= 4 is 23.1 Å². The van der Waals surface area contributed by atoms with Crippen molar-refractivity contribution in [2.75, 3.05) is 26.2 Å². The van der Waals surface area contributed by atoms with Crippen LogP contribution in [0, 0.1) is 0 Å². The first kappa shape index (κ1) is 18.5. The van der Waals surface area contributed by atoms with Crippen LogP contribution in [0.15, 0.2) is 83.5 Å². The monoisotopic (exact) mass is 370 g/mol. The Labute approximate surface area is 167 Å². The molecule has 1 aliphatic rings. The van der Waals surface area contributed by atoms with Gasteiger partial charge in [0.05, 0.1) is 26.2 Å². The average molecular weight is 371 g/mol. The second kappa shape index (κ2) is 8.85. The number of hydrazone groups is 1. The highest BCUT2D eigenvalue weighted by atomic mass is 15.5. The maximum absolute atomic E-state index is 4.70. The Hall–Kier alpha value is -2.91. The highest BCUT2D eigenvalue weighted by Gasteiger charge is 2.19. The van der Waals surface area contributed by atoms with Gasteiger partial charge in [-0.05, 0) is 28.8 Å². The van der Waals surface area contributed by atoms with Gasteiger partial charge < -0.3 is 4.90 Å². The van der Waals surface area contributed by atoms with Crippen LogP contribution in [0.25, 0.3) is 16.8 Å². The lowest BCUT2D eigenvalue weighted by atomic mass is 10.0. The second-order valence-corrected chi connectivity index (χ2v) is 7.56. The Morgan fingerprint density at radius 1 is 0.929 bits per heavy atom. The van der Waals surface area contributed by atoms with E-state index in [9.17, 15) is 0 Å². The van der Waals surface area contributed by atoms with Gasteiger partial charge >= 0.3 is 0 Å². The Balaban J connectivity index is 1.33. The SMILES string of the molecule is CC(/C=N\N1CC[NH+](Cc2cccc3ccccc23)CC1)=C/c1ccccc1. The summed E-state index contributed by atoms with van der Waals surface area (Å²) in [6, 6.07) is 25.8. The molecule has 1 heterocycles. The van der Waals surface area contributed by atoms with E-state index >= 15 is 0 Å². The van der Waals surface area contributed by atoms with Crippen LogP contribution in [0.3, 0.4) is 0 Å². The minimum Gasteiger partial charge on any atom is -0.328 e. The third-order valence-electron chi connectivity index (χ3n) is 5.39. The van der Waals surface area contributed by atoms with Crippen molar-refractivity contribution in [3.05, 3.63) is 89.5 Å². The summed E-state index contributed by atoms with van der Waals surface area (Å²) in [7, 11) is 0. The van der Waals surface area contributed by atoms with Gasteiger partial charge in [0.2, 0.25) is 0 Å². The van der Waals surface area contributed by atoms with E-state index in [1.807, 2.05) is 12.3 Å². The molecule has 0 bridgehead atoms. The van der Waals surface area contributed by atoms with Crippen LogP contribution >= 0.6 is 0 Å². The van der Waals surface area contributed by atoms with Crippen LogP contribution < -0.4 is 4.90 Å². The number of hydrogen-bond acceptors (Lipinski definition) is 2. The van der Waals surface area contributed by atoms with E-state index in [-0.39, 0.29) is 0 Å². The van der Waals surface area contributed by atoms with Gasteiger partial charge in [-0.15, -0.1) is 0 Å². The molecule has 3 aromatic rings. The minimum atomic E-state index is 1.01. The smallest absolute Gasteiger partial charge is 0.104 e. The molecule has 3 nitrogen and oxygen atoms in total. The lowest BCUT2D eigenvalue weighted by Gasteiger charge is -2.30. The Morgan fingerprint density at radius 3 is 2.46 bits per heavy atom. The van der Waals surface area contributed by atoms with Crippen LogP contribution in [0.2, 0.25) is 0 Å². The summed E-state index contributed by atoms with van der Waals surface area (Å²) in [6.45, 7) is 7.47. The van der Waals surface area contributed by atoms with E-state index in [1.165, 1.54) is 27.5 Å². The molecule has 3 aromatic carbocycles. The van der Waals surface area contributed by atoms with Gasteiger partial charge in [0.1, 0.15) is 6.54 Å². The second-order valence-electron chi connectivity index (χ2n) is 7.56. The lowest BCUT2D eigenvalue weighted by molar-refractivity contribution is -0.918. The summed E-state index contributed by atoms with van der Waals surface area (Å²) in [5.74, 6) is 0. The fourth-order valence-corrected chi connectivity index (χ4v) is 3.84. The molecule has 1 fully saturated rings. The predicted molar refractivity (Wildman–Crippen MR) is 119 cm³/mol. The number of hydrogen-bond donors (Lipinski definition) is 1. The minimum absolute atomic E-state index is 1.01. The molecular formula is C25H28N3+. The first-order chi connectivity index (χ1) is 13.8. The molecule has 4 rings (SSSR count). The molecule has 3 heteroatoms. The van der Waals surface area contributed by atoms with Gasteiger partial charge in [-0.3, -0.25) is 5.01 Å². The van der Waals surface area contributed by atoms with E-state index in [2.05, 4.69) is 84.7 Å². The summed E-state index contributed by atoms with van der Waals surface area (Å²) in [5, 5.41) is 9.63. The molecule has 0 aliphatic carbocycles. The van der Waals surface area contributed by atoms with Gasteiger partial charge in [-0.25, -0.2) is 0 Å². The number of benzene rings is 3. The first-order valence-corrected chi connectivity index (χ1v) is 10.1. The van der Waals surface area contributed by atoms with Crippen molar-refractivity contribution in [3.63, 3.8) is 0 Å². The summed E-state index contributed by atoms with van der Waals surface area (Å²) < 4.78 is 0. The number of nitrogens with one attached hydrogen (secondary N) is 1.